The average Bonchev–Trinajstić information content (AvgIpc) is 2.67. The van der Waals surface area contributed by atoms with Crippen LogP contribution in [0.5, 0.6) is 0 Å². The zero-order valence-electron chi connectivity index (χ0n) is 14.6. The van der Waals surface area contributed by atoms with Crippen LogP contribution in [-0.4, -0.2) is 35.8 Å². The smallest absolute Gasteiger partial charge is 0.252 e. The fraction of sp³-hybridized carbons (Fsp3) is 0.333. The molecule has 4 heteroatoms. The van der Waals surface area contributed by atoms with Gasteiger partial charge in [-0.3, -0.25) is 14.5 Å². The first-order chi connectivity index (χ1) is 12.1. The number of aryl methyl sites for hydroxylation is 1. The molecule has 1 aliphatic rings. The molecule has 2 aromatic carbocycles. The van der Waals surface area contributed by atoms with Crippen LogP contribution in [0.1, 0.15) is 45.5 Å². The van der Waals surface area contributed by atoms with Crippen LogP contribution in [0.2, 0.25) is 0 Å². The molecule has 0 aliphatic carbocycles. The molecule has 1 heterocycles. The van der Waals surface area contributed by atoms with E-state index in [0.29, 0.717) is 11.1 Å². The molecule has 3 rings (SSSR count). The highest BCUT2D eigenvalue weighted by molar-refractivity contribution is 6.04. The second kappa shape index (κ2) is 8.08. The fourth-order valence-corrected chi connectivity index (χ4v) is 3.17. The van der Waals surface area contributed by atoms with Gasteiger partial charge in [0.2, 0.25) is 0 Å². The second-order valence-electron chi connectivity index (χ2n) is 6.57. The molecule has 1 fully saturated rings. The molecule has 1 atom stereocenters. The molecule has 0 saturated carbocycles. The van der Waals surface area contributed by atoms with Crippen molar-refractivity contribution < 1.29 is 9.59 Å². The second-order valence-corrected chi connectivity index (χ2v) is 6.57. The Labute approximate surface area is 148 Å². The van der Waals surface area contributed by atoms with Crippen molar-refractivity contribution in [3.05, 3.63) is 71.3 Å². The van der Waals surface area contributed by atoms with Crippen LogP contribution >= 0.6 is 0 Å². The number of carbonyl (C=O) groups excluding carboxylic acids is 2. The van der Waals surface area contributed by atoms with Crippen molar-refractivity contribution >= 4 is 11.7 Å². The van der Waals surface area contributed by atoms with E-state index in [1.54, 1.807) is 24.3 Å². The maximum atomic E-state index is 13.0. The van der Waals surface area contributed by atoms with Crippen molar-refractivity contribution in [3.63, 3.8) is 0 Å². The number of rotatable bonds is 5. The molecule has 130 valence electrons. The van der Waals surface area contributed by atoms with Crippen LogP contribution in [0.3, 0.4) is 0 Å². The molecule has 0 aromatic heterocycles. The third-order valence-corrected chi connectivity index (χ3v) is 4.64. The van der Waals surface area contributed by atoms with Crippen LogP contribution in [0.25, 0.3) is 0 Å². The summed E-state index contributed by atoms with van der Waals surface area (Å²) in [6.45, 7) is 3.64. The maximum Gasteiger partial charge on any atom is 0.252 e. The largest absolute Gasteiger partial charge is 0.329 e. The predicted molar refractivity (Wildman–Crippen MR) is 98.6 cm³/mol. The minimum atomic E-state index is -0.614. The van der Waals surface area contributed by atoms with E-state index < -0.39 is 6.17 Å². The molecule has 1 unspecified atom stereocenters. The van der Waals surface area contributed by atoms with Gasteiger partial charge in [-0.25, -0.2) is 0 Å². The van der Waals surface area contributed by atoms with Crippen molar-refractivity contribution in [2.45, 2.75) is 32.4 Å². The molecule has 2 aromatic rings. The summed E-state index contributed by atoms with van der Waals surface area (Å²) in [5.41, 5.74) is 2.31. The molecule has 1 N–H and O–H groups in total. The van der Waals surface area contributed by atoms with Gasteiger partial charge < -0.3 is 5.32 Å². The van der Waals surface area contributed by atoms with Gasteiger partial charge in [-0.1, -0.05) is 54.4 Å². The van der Waals surface area contributed by atoms with Gasteiger partial charge in [0.25, 0.3) is 5.91 Å². The SMILES string of the molecule is Cc1ccc(C(=O)NC(C(=O)c2ccccc2)N2CCCCC2)cc1. The number of amides is 1. The molecular weight excluding hydrogens is 312 g/mol. The normalized spacial score (nSPS) is 16.2. The number of Topliss-reactive ketones (excluding diaryl/α,β-unsaturated/α-hetero) is 1. The number of hydrogen-bond donors (Lipinski definition) is 1. The quantitative estimate of drug-likeness (QED) is 0.851. The number of carbonyl (C=O) groups is 2. The summed E-state index contributed by atoms with van der Waals surface area (Å²) in [7, 11) is 0. The van der Waals surface area contributed by atoms with Crippen LogP contribution in [0.4, 0.5) is 0 Å². The Hall–Kier alpha value is -2.46. The number of nitrogens with zero attached hydrogens (tertiary/aromatic N) is 1. The van der Waals surface area contributed by atoms with Crippen LogP contribution < -0.4 is 5.32 Å². The summed E-state index contributed by atoms with van der Waals surface area (Å²) in [6.07, 6.45) is 2.67. The Morgan fingerprint density at radius 2 is 1.52 bits per heavy atom. The van der Waals surface area contributed by atoms with E-state index in [9.17, 15) is 9.59 Å². The third kappa shape index (κ3) is 4.34. The highest BCUT2D eigenvalue weighted by Gasteiger charge is 2.29. The molecule has 25 heavy (non-hydrogen) atoms. The standard InChI is InChI=1S/C21H24N2O2/c1-16-10-12-18(13-11-16)21(25)22-20(23-14-6-3-7-15-23)19(24)17-8-4-2-5-9-17/h2,4-5,8-13,20H,3,6-7,14-15H2,1H3,(H,22,25). The molecule has 1 aliphatic heterocycles. The lowest BCUT2D eigenvalue weighted by molar-refractivity contribution is 0.0652. The van der Waals surface area contributed by atoms with Gasteiger partial charge >= 0.3 is 0 Å². The third-order valence-electron chi connectivity index (χ3n) is 4.64. The summed E-state index contributed by atoms with van der Waals surface area (Å²) in [4.78, 5) is 27.8. The van der Waals surface area contributed by atoms with Gasteiger partial charge in [-0.2, -0.15) is 0 Å². The molecule has 0 bridgehead atoms. The summed E-state index contributed by atoms with van der Waals surface area (Å²) in [5, 5.41) is 2.96. The Morgan fingerprint density at radius 3 is 2.16 bits per heavy atom. The van der Waals surface area contributed by atoms with E-state index in [-0.39, 0.29) is 11.7 Å². The molecule has 0 radical (unpaired) electrons. The van der Waals surface area contributed by atoms with Crippen LogP contribution in [0, 0.1) is 6.92 Å². The van der Waals surface area contributed by atoms with Gasteiger partial charge in [0.15, 0.2) is 5.78 Å². The Bertz CT molecular complexity index is 719. The Balaban J connectivity index is 1.81. The first-order valence-electron chi connectivity index (χ1n) is 8.86. The van der Waals surface area contributed by atoms with E-state index in [1.165, 1.54) is 6.42 Å². The number of likely N-dealkylation sites (tertiary alicyclic amines) is 1. The number of benzene rings is 2. The van der Waals surface area contributed by atoms with Gasteiger partial charge in [0, 0.05) is 24.2 Å². The van der Waals surface area contributed by atoms with Crippen molar-refractivity contribution in [1.29, 1.82) is 0 Å². The lowest BCUT2D eigenvalue weighted by atomic mass is 10.0. The van der Waals surface area contributed by atoms with E-state index >= 15 is 0 Å². The Kier molecular flexibility index (Phi) is 5.61. The number of ketones is 1. The highest BCUT2D eigenvalue weighted by Crippen LogP contribution is 2.15. The molecular formula is C21H24N2O2. The maximum absolute atomic E-state index is 13.0. The zero-order chi connectivity index (χ0) is 17.6. The van der Waals surface area contributed by atoms with Crippen molar-refractivity contribution in [2.24, 2.45) is 0 Å². The van der Waals surface area contributed by atoms with E-state index in [1.807, 2.05) is 37.3 Å². The van der Waals surface area contributed by atoms with Crippen molar-refractivity contribution in [1.82, 2.24) is 10.2 Å². The predicted octanol–water partition coefficient (Wildman–Crippen LogP) is 3.42. The van der Waals surface area contributed by atoms with Crippen LogP contribution in [0.15, 0.2) is 54.6 Å². The van der Waals surface area contributed by atoms with Gasteiger partial charge in [0.1, 0.15) is 6.17 Å². The summed E-state index contributed by atoms with van der Waals surface area (Å²) >= 11 is 0. The van der Waals surface area contributed by atoms with Crippen molar-refractivity contribution in [2.75, 3.05) is 13.1 Å². The van der Waals surface area contributed by atoms with E-state index in [0.717, 1.165) is 31.5 Å². The van der Waals surface area contributed by atoms with Gasteiger partial charge in [-0.15, -0.1) is 0 Å². The van der Waals surface area contributed by atoms with E-state index in [4.69, 9.17) is 0 Å². The number of piperidine rings is 1. The minimum absolute atomic E-state index is 0.0528. The summed E-state index contributed by atoms with van der Waals surface area (Å²) in [5.74, 6) is -0.261. The summed E-state index contributed by atoms with van der Waals surface area (Å²) in [6, 6.07) is 16.6. The summed E-state index contributed by atoms with van der Waals surface area (Å²) < 4.78 is 0. The first kappa shape index (κ1) is 17.4. The van der Waals surface area contributed by atoms with Crippen molar-refractivity contribution in [3.8, 4) is 0 Å². The first-order valence-corrected chi connectivity index (χ1v) is 8.86. The lowest BCUT2D eigenvalue weighted by Crippen LogP contribution is -2.54. The minimum Gasteiger partial charge on any atom is -0.329 e. The molecule has 1 amide bonds. The highest BCUT2D eigenvalue weighted by atomic mass is 16.2. The average molecular weight is 336 g/mol. The number of hydrogen-bond acceptors (Lipinski definition) is 3. The zero-order valence-corrected chi connectivity index (χ0v) is 14.6. The topological polar surface area (TPSA) is 49.4 Å². The van der Waals surface area contributed by atoms with E-state index in [2.05, 4.69) is 10.2 Å². The number of nitrogens with one attached hydrogen (secondary N) is 1. The molecule has 1 saturated heterocycles. The van der Waals surface area contributed by atoms with Crippen LogP contribution in [-0.2, 0) is 0 Å². The lowest BCUT2D eigenvalue weighted by Gasteiger charge is -2.34. The van der Waals surface area contributed by atoms with Gasteiger partial charge in [-0.05, 0) is 31.9 Å². The molecule has 4 nitrogen and oxygen atoms in total. The Morgan fingerprint density at radius 1 is 0.880 bits per heavy atom. The fourth-order valence-electron chi connectivity index (χ4n) is 3.17. The van der Waals surface area contributed by atoms with Gasteiger partial charge in [0.05, 0.1) is 0 Å². The molecule has 0 spiro atoms. The monoisotopic (exact) mass is 336 g/mol.